The van der Waals surface area contributed by atoms with Crippen molar-refractivity contribution in [1.82, 2.24) is 9.97 Å². The zero-order chi connectivity index (χ0) is 17.1. The summed E-state index contributed by atoms with van der Waals surface area (Å²) in [6.07, 6.45) is 1.64. The highest BCUT2D eigenvalue weighted by Crippen LogP contribution is 2.29. The zero-order valence-corrected chi connectivity index (χ0v) is 14.2. The number of rotatable bonds is 4. The van der Waals surface area contributed by atoms with Crippen LogP contribution in [-0.2, 0) is 4.74 Å². The zero-order valence-electron chi connectivity index (χ0n) is 13.3. The molecule has 0 saturated carbocycles. The second-order valence-corrected chi connectivity index (χ2v) is 6.32. The molecule has 1 aromatic carbocycles. The molecule has 0 atom stereocenters. The first-order valence-corrected chi connectivity index (χ1v) is 8.79. The summed E-state index contributed by atoms with van der Waals surface area (Å²) < 4.78 is 11.3. The van der Waals surface area contributed by atoms with E-state index in [4.69, 9.17) is 9.15 Å². The van der Waals surface area contributed by atoms with Crippen LogP contribution < -0.4 is 10.2 Å². The van der Waals surface area contributed by atoms with Crippen LogP contribution in [0.3, 0.4) is 0 Å². The third-order valence-electron chi connectivity index (χ3n) is 3.80. The summed E-state index contributed by atoms with van der Waals surface area (Å²) >= 11 is 1.36. The summed E-state index contributed by atoms with van der Waals surface area (Å²) in [7, 11) is 0. The Kier molecular flexibility index (Phi) is 4.45. The minimum absolute atomic E-state index is 0.260. The Balaban J connectivity index is 1.69. The Labute approximate surface area is 148 Å². The van der Waals surface area contributed by atoms with Gasteiger partial charge >= 0.3 is 0 Å². The number of hydrogen-bond donors (Lipinski definition) is 1. The number of ether oxygens (including phenoxy) is 1. The van der Waals surface area contributed by atoms with Crippen molar-refractivity contribution in [2.75, 3.05) is 36.5 Å². The molecule has 3 heterocycles. The van der Waals surface area contributed by atoms with Crippen molar-refractivity contribution >= 4 is 28.3 Å². The standard InChI is InChI=1S/C17H16N4O3S/c22-14(20-17-18-6-11-25-17)13-16(21-7-9-23-10-8-21)24-15(19-13)12-4-2-1-3-5-12/h1-6,11H,7-10H2,(H,18,20,22). The maximum Gasteiger partial charge on any atom is 0.281 e. The fraction of sp³-hybridized carbons (Fsp3) is 0.235. The fourth-order valence-corrected chi connectivity index (χ4v) is 3.11. The number of benzene rings is 1. The second kappa shape index (κ2) is 7.04. The Morgan fingerprint density at radius 3 is 2.72 bits per heavy atom. The van der Waals surface area contributed by atoms with E-state index in [0.29, 0.717) is 43.2 Å². The van der Waals surface area contributed by atoms with Crippen molar-refractivity contribution in [3.63, 3.8) is 0 Å². The Morgan fingerprint density at radius 2 is 2.00 bits per heavy atom. The molecule has 8 heteroatoms. The third-order valence-corrected chi connectivity index (χ3v) is 4.48. The van der Waals surface area contributed by atoms with Crippen molar-refractivity contribution < 1.29 is 13.9 Å². The number of oxazole rings is 1. The van der Waals surface area contributed by atoms with Crippen LogP contribution in [0.4, 0.5) is 11.0 Å². The number of nitrogens with zero attached hydrogens (tertiary/aromatic N) is 3. The van der Waals surface area contributed by atoms with Crippen molar-refractivity contribution in [3.8, 4) is 11.5 Å². The van der Waals surface area contributed by atoms with Crippen molar-refractivity contribution in [2.24, 2.45) is 0 Å². The van der Waals surface area contributed by atoms with Crippen molar-refractivity contribution in [2.45, 2.75) is 0 Å². The number of morpholine rings is 1. The summed E-state index contributed by atoms with van der Waals surface area (Å²) in [4.78, 5) is 23.2. The molecule has 0 radical (unpaired) electrons. The largest absolute Gasteiger partial charge is 0.420 e. The molecular formula is C17H16N4O3S. The van der Waals surface area contributed by atoms with Crippen LogP contribution in [0.15, 0.2) is 46.3 Å². The van der Waals surface area contributed by atoms with Crippen molar-refractivity contribution in [1.29, 1.82) is 0 Å². The number of anilines is 2. The molecule has 2 aromatic heterocycles. The van der Waals surface area contributed by atoms with E-state index in [1.54, 1.807) is 11.6 Å². The van der Waals surface area contributed by atoms with Gasteiger partial charge in [-0.3, -0.25) is 10.1 Å². The predicted molar refractivity (Wildman–Crippen MR) is 95.0 cm³/mol. The summed E-state index contributed by atoms with van der Waals surface area (Å²) in [5, 5.41) is 5.10. The summed E-state index contributed by atoms with van der Waals surface area (Å²) in [5.74, 6) is 0.560. The lowest BCUT2D eigenvalue weighted by Crippen LogP contribution is -2.37. The van der Waals surface area contributed by atoms with Crippen LogP contribution in [0, 0.1) is 0 Å². The number of carbonyl (C=O) groups is 1. The van der Waals surface area contributed by atoms with E-state index in [1.807, 2.05) is 35.2 Å². The van der Waals surface area contributed by atoms with Gasteiger partial charge in [-0.2, -0.15) is 0 Å². The average molecular weight is 356 g/mol. The van der Waals surface area contributed by atoms with Crippen molar-refractivity contribution in [3.05, 3.63) is 47.6 Å². The number of thiazole rings is 1. The lowest BCUT2D eigenvalue weighted by molar-refractivity contribution is 0.101. The van der Waals surface area contributed by atoms with E-state index in [0.717, 1.165) is 5.56 Å². The van der Waals surface area contributed by atoms with E-state index in [-0.39, 0.29) is 11.6 Å². The number of amides is 1. The summed E-state index contributed by atoms with van der Waals surface area (Å²) in [6, 6.07) is 9.53. The molecule has 25 heavy (non-hydrogen) atoms. The molecule has 1 aliphatic rings. The molecule has 4 rings (SSSR count). The maximum atomic E-state index is 12.7. The predicted octanol–water partition coefficient (Wildman–Crippen LogP) is 2.89. The van der Waals surface area contributed by atoms with Gasteiger partial charge in [0.2, 0.25) is 11.8 Å². The molecule has 1 fully saturated rings. The number of aromatic nitrogens is 2. The monoisotopic (exact) mass is 356 g/mol. The fourth-order valence-electron chi connectivity index (χ4n) is 2.59. The first-order valence-electron chi connectivity index (χ1n) is 7.91. The van der Waals surface area contributed by atoms with Gasteiger partial charge in [-0.25, -0.2) is 9.97 Å². The van der Waals surface area contributed by atoms with Crippen LogP contribution in [0.1, 0.15) is 10.5 Å². The third kappa shape index (κ3) is 3.40. The highest BCUT2D eigenvalue weighted by Gasteiger charge is 2.27. The van der Waals surface area contributed by atoms with Crippen LogP contribution in [-0.4, -0.2) is 42.2 Å². The molecule has 0 spiro atoms. The minimum Gasteiger partial charge on any atom is -0.420 e. The Hall–Kier alpha value is -2.71. The van der Waals surface area contributed by atoms with Crippen LogP contribution in [0.2, 0.25) is 0 Å². The number of carbonyl (C=O) groups excluding carboxylic acids is 1. The molecule has 0 unspecified atom stereocenters. The van der Waals surface area contributed by atoms with Crippen LogP contribution in [0.5, 0.6) is 0 Å². The molecule has 1 saturated heterocycles. The molecule has 1 amide bonds. The lowest BCUT2D eigenvalue weighted by Gasteiger charge is -2.26. The SMILES string of the molecule is O=C(Nc1nccs1)c1nc(-c2ccccc2)oc1N1CCOCC1. The molecule has 0 aliphatic carbocycles. The van der Waals surface area contributed by atoms with E-state index < -0.39 is 0 Å². The highest BCUT2D eigenvalue weighted by atomic mass is 32.1. The van der Waals surface area contributed by atoms with Gasteiger partial charge < -0.3 is 14.1 Å². The van der Waals surface area contributed by atoms with Gasteiger partial charge in [0.1, 0.15) is 0 Å². The van der Waals surface area contributed by atoms with Gasteiger partial charge in [-0.1, -0.05) is 18.2 Å². The molecule has 7 nitrogen and oxygen atoms in total. The Bertz CT molecular complexity index is 842. The minimum atomic E-state index is -0.331. The molecular weight excluding hydrogens is 340 g/mol. The van der Waals surface area contributed by atoms with Gasteiger partial charge in [-0.15, -0.1) is 11.3 Å². The summed E-state index contributed by atoms with van der Waals surface area (Å²) in [6.45, 7) is 2.49. The van der Waals surface area contributed by atoms with Crippen LogP contribution >= 0.6 is 11.3 Å². The summed E-state index contributed by atoms with van der Waals surface area (Å²) in [5.41, 5.74) is 1.08. The molecule has 0 bridgehead atoms. The van der Waals surface area contributed by atoms with Gasteiger partial charge in [0, 0.05) is 30.2 Å². The van der Waals surface area contributed by atoms with Crippen LogP contribution in [0.25, 0.3) is 11.5 Å². The number of hydrogen-bond acceptors (Lipinski definition) is 7. The van der Waals surface area contributed by atoms with E-state index in [9.17, 15) is 4.79 Å². The van der Waals surface area contributed by atoms with Gasteiger partial charge in [0.05, 0.1) is 13.2 Å². The lowest BCUT2D eigenvalue weighted by atomic mass is 10.2. The highest BCUT2D eigenvalue weighted by molar-refractivity contribution is 7.13. The molecule has 3 aromatic rings. The second-order valence-electron chi connectivity index (χ2n) is 5.43. The van der Waals surface area contributed by atoms with E-state index in [1.165, 1.54) is 11.3 Å². The van der Waals surface area contributed by atoms with E-state index in [2.05, 4.69) is 15.3 Å². The smallest absolute Gasteiger partial charge is 0.281 e. The van der Waals surface area contributed by atoms with Gasteiger partial charge in [-0.05, 0) is 12.1 Å². The normalized spacial score (nSPS) is 14.5. The first-order chi connectivity index (χ1) is 12.3. The quantitative estimate of drug-likeness (QED) is 0.774. The van der Waals surface area contributed by atoms with Gasteiger partial charge in [0.15, 0.2) is 10.8 Å². The molecule has 128 valence electrons. The molecule has 1 N–H and O–H groups in total. The average Bonchev–Trinajstić information content (AvgIpc) is 3.33. The van der Waals surface area contributed by atoms with Gasteiger partial charge in [0.25, 0.3) is 5.91 Å². The first kappa shape index (κ1) is 15.8. The Morgan fingerprint density at radius 1 is 1.20 bits per heavy atom. The maximum absolute atomic E-state index is 12.7. The number of nitrogens with one attached hydrogen (secondary N) is 1. The van der Waals surface area contributed by atoms with E-state index >= 15 is 0 Å². The molecule has 1 aliphatic heterocycles. The topological polar surface area (TPSA) is 80.5 Å².